The summed E-state index contributed by atoms with van der Waals surface area (Å²) in [4.78, 5) is 12.2. The van der Waals surface area contributed by atoms with Crippen LogP contribution < -0.4 is 10.2 Å². The largest absolute Gasteiger partial charge is 0.479 e. The molecule has 0 saturated carbocycles. The number of hydrogen-bond donors (Lipinski definition) is 1. The molecule has 0 amide bonds. The van der Waals surface area contributed by atoms with Gasteiger partial charge >= 0.3 is 0 Å². The molecule has 0 saturated heterocycles. The zero-order valence-electron chi connectivity index (χ0n) is 17.5. The molecule has 0 radical (unpaired) electrons. The Kier molecular flexibility index (Phi) is 5.26. The number of aromatic nitrogens is 2. The van der Waals surface area contributed by atoms with E-state index in [-0.39, 0.29) is 0 Å². The van der Waals surface area contributed by atoms with Gasteiger partial charge in [0.25, 0.3) is 0 Å². The maximum atomic E-state index is 5.99. The van der Waals surface area contributed by atoms with Crippen LogP contribution in [0.3, 0.4) is 0 Å². The third-order valence-corrected chi connectivity index (χ3v) is 5.96. The lowest BCUT2D eigenvalue weighted by Gasteiger charge is -2.27. The number of aryl methyl sites for hydroxylation is 1. The van der Waals surface area contributed by atoms with Gasteiger partial charge in [-0.1, -0.05) is 42.5 Å². The van der Waals surface area contributed by atoms with Gasteiger partial charge in [-0.2, -0.15) is 4.98 Å². The standard InChI is InChI=1S/C25H28N4O/c1-2-30-23-16-19-12-6-9-15-22(19)29(23)25-27-21-14-8-7-13-20(21)24(28-25)26-17-18-10-4-3-5-11-18/h3-6,9-11,15-16,19H,2,7-8,12-14,17H2,1H3,(H,26,27,28). The Labute approximate surface area is 178 Å². The summed E-state index contributed by atoms with van der Waals surface area (Å²) in [6, 6.07) is 10.5. The monoisotopic (exact) mass is 400 g/mol. The van der Waals surface area contributed by atoms with E-state index in [0.717, 1.165) is 43.5 Å². The van der Waals surface area contributed by atoms with Gasteiger partial charge in [-0.3, -0.25) is 4.90 Å². The molecule has 154 valence electrons. The van der Waals surface area contributed by atoms with Crippen LogP contribution >= 0.6 is 0 Å². The number of nitrogens with one attached hydrogen (secondary N) is 1. The Balaban J connectivity index is 1.52. The molecule has 1 aliphatic heterocycles. The third-order valence-electron chi connectivity index (χ3n) is 5.96. The van der Waals surface area contributed by atoms with Crippen molar-refractivity contribution in [2.24, 2.45) is 5.92 Å². The van der Waals surface area contributed by atoms with Gasteiger partial charge < -0.3 is 10.1 Å². The minimum absolute atomic E-state index is 0.330. The summed E-state index contributed by atoms with van der Waals surface area (Å²) in [6.07, 6.45) is 14.1. The second-order valence-electron chi connectivity index (χ2n) is 7.98. The highest BCUT2D eigenvalue weighted by Crippen LogP contribution is 2.39. The SMILES string of the molecule is CCOC1=CC2CC=CC=C2N1c1nc2c(c(NCc3ccccc3)n1)CCCC2. The zero-order chi connectivity index (χ0) is 20.3. The molecule has 2 aliphatic carbocycles. The molecule has 2 heterocycles. The molecule has 1 aromatic heterocycles. The van der Waals surface area contributed by atoms with Crippen molar-refractivity contribution in [3.05, 3.63) is 83.0 Å². The van der Waals surface area contributed by atoms with E-state index in [1.807, 2.05) is 13.0 Å². The topological polar surface area (TPSA) is 50.3 Å². The van der Waals surface area contributed by atoms with Crippen LogP contribution in [0.5, 0.6) is 0 Å². The van der Waals surface area contributed by atoms with Crippen LogP contribution in [0.15, 0.2) is 66.2 Å². The van der Waals surface area contributed by atoms with Crippen molar-refractivity contribution in [2.75, 3.05) is 16.8 Å². The summed E-state index contributed by atoms with van der Waals surface area (Å²) in [7, 11) is 0. The first-order valence-electron chi connectivity index (χ1n) is 11.0. The van der Waals surface area contributed by atoms with Gasteiger partial charge in [0.2, 0.25) is 5.95 Å². The molecule has 0 fully saturated rings. The molecule has 5 heteroatoms. The highest BCUT2D eigenvalue weighted by molar-refractivity contribution is 5.60. The molecule has 2 aromatic rings. The van der Waals surface area contributed by atoms with Crippen LogP contribution in [0, 0.1) is 5.92 Å². The van der Waals surface area contributed by atoms with Gasteiger partial charge in [0.1, 0.15) is 5.82 Å². The second-order valence-corrected chi connectivity index (χ2v) is 7.98. The van der Waals surface area contributed by atoms with E-state index >= 15 is 0 Å². The first-order valence-corrected chi connectivity index (χ1v) is 11.0. The van der Waals surface area contributed by atoms with E-state index in [1.54, 1.807) is 0 Å². The summed E-state index contributed by atoms with van der Waals surface area (Å²) in [5, 5.41) is 3.60. The molecule has 5 rings (SSSR count). The summed E-state index contributed by atoms with van der Waals surface area (Å²) in [5.41, 5.74) is 4.90. The van der Waals surface area contributed by atoms with Crippen molar-refractivity contribution in [3.8, 4) is 0 Å². The molecule has 5 nitrogen and oxygen atoms in total. The Bertz CT molecular complexity index is 1010. The molecule has 0 spiro atoms. The van der Waals surface area contributed by atoms with Crippen LogP contribution in [0.2, 0.25) is 0 Å². The normalized spacial score (nSPS) is 19.6. The molecule has 1 aromatic carbocycles. The van der Waals surface area contributed by atoms with Crippen LogP contribution in [0.25, 0.3) is 0 Å². The highest BCUT2D eigenvalue weighted by Gasteiger charge is 2.34. The van der Waals surface area contributed by atoms with Gasteiger partial charge in [-0.15, -0.1) is 0 Å². The van der Waals surface area contributed by atoms with Crippen LogP contribution in [-0.4, -0.2) is 16.6 Å². The van der Waals surface area contributed by atoms with Crippen molar-refractivity contribution in [2.45, 2.75) is 45.6 Å². The number of ether oxygens (including phenoxy) is 1. The van der Waals surface area contributed by atoms with E-state index in [1.165, 1.54) is 35.4 Å². The average Bonchev–Trinajstić information content (AvgIpc) is 3.16. The Morgan fingerprint density at radius 1 is 1.13 bits per heavy atom. The van der Waals surface area contributed by atoms with E-state index in [4.69, 9.17) is 14.7 Å². The number of allylic oxidation sites excluding steroid dienone is 4. The Morgan fingerprint density at radius 3 is 2.87 bits per heavy atom. The van der Waals surface area contributed by atoms with Crippen molar-refractivity contribution in [1.82, 2.24) is 9.97 Å². The Morgan fingerprint density at radius 2 is 2.00 bits per heavy atom. The number of nitrogens with zero attached hydrogens (tertiary/aromatic N) is 3. The fraction of sp³-hybridized carbons (Fsp3) is 0.360. The molecule has 3 aliphatic rings. The average molecular weight is 401 g/mol. The Hall–Kier alpha value is -3.08. The second kappa shape index (κ2) is 8.34. The number of benzene rings is 1. The van der Waals surface area contributed by atoms with E-state index in [0.29, 0.717) is 12.5 Å². The third kappa shape index (κ3) is 3.60. The smallest absolute Gasteiger partial charge is 0.238 e. The van der Waals surface area contributed by atoms with E-state index < -0.39 is 0 Å². The van der Waals surface area contributed by atoms with Gasteiger partial charge in [0.05, 0.1) is 12.3 Å². The molecule has 30 heavy (non-hydrogen) atoms. The number of anilines is 2. The minimum Gasteiger partial charge on any atom is -0.479 e. The lowest BCUT2D eigenvalue weighted by molar-refractivity contribution is 0.225. The van der Waals surface area contributed by atoms with Gasteiger partial charge in [-0.25, -0.2) is 4.98 Å². The van der Waals surface area contributed by atoms with Crippen LogP contribution in [0.4, 0.5) is 11.8 Å². The maximum Gasteiger partial charge on any atom is 0.238 e. The summed E-state index contributed by atoms with van der Waals surface area (Å²) >= 11 is 0. The fourth-order valence-electron chi connectivity index (χ4n) is 4.49. The minimum atomic E-state index is 0.330. The maximum absolute atomic E-state index is 5.99. The lowest BCUT2D eigenvalue weighted by atomic mass is 9.96. The number of fused-ring (bicyclic) bond motifs is 2. The van der Waals surface area contributed by atoms with E-state index in [2.05, 4.69) is 58.8 Å². The molecular weight excluding hydrogens is 372 g/mol. The van der Waals surface area contributed by atoms with E-state index in [9.17, 15) is 0 Å². The first-order chi connectivity index (χ1) is 14.8. The van der Waals surface area contributed by atoms with Crippen molar-refractivity contribution in [3.63, 3.8) is 0 Å². The van der Waals surface area contributed by atoms with Gasteiger partial charge in [-0.05, 0) is 56.7 Å². The summed E-state index contributed by atoms with van der Waals surface area (Å²) in [6.45, 7) is 3.40. The summed E-state index contributed by atoms with van der Waals surface area (Å²) < 4.78 is 5.99. The fourth-order valence-corrected chi connectivity index (χ4v) is 4.49. The van der Waals surface area contributed by atoms with Crippen molar-refractivity contribution in [1.29, 1.82) is 0 Å². The molecular formula is C25H28N4O. The summed E-state index contributed by atoms with van der Waals surface area (Å²) in [5.74, 6) is 2.86. The van der Waals surface area contributed by atoms with Crippen molar-refractivity contribution < 1.29 is 4.74 Å². The quantitative estimate of drug-likeness (QED) is 0.729. The lowest BCUT2D eigenvalue weighted by Crippen LogP contribution is -2.25. The molecule has 1 unspecified atom stereocenters. The number of rotatable bonds is 6. The zero-order valence-corrected chi connectivity index (χ0v) is 17.5. The molecule has 0 bridgehead atoms. The molecule has 1 N–H and O–H groups in total. The van der Waals surface area contributed by atoms with Gasteiger partial charge in [0.15, 0.2) is 5.88 Å². The van der Waals surface area contributed by atoms with Crippen molar-refractivity contribution >= 4 is 11.8 Å². The van der Waals surface area contributed by atoms with Crippen LogP contribution in [-0.2, 0) is 24.1 Å². The highest BCUT2D eigenvalue weighted by atomic mass is 16.5. The van der Waals surface area contributed by atoms with Crippen LogP contribution in [0.1, 0.15) is 43.0 Å². The first kappa shape index (κ1) is 18.9. The predicted molar refractivity (Wildman–Crippen MR) is 120 cm³/mol. The van der Waals surface area contributed by atoms with Gasteiger partial charge in [0, 0.05) is 23.7 Å². The predicted octanol–water partition coefficient (Wildman–Crippen LogP) is 5.13. The number of hydrogen-bond acceptors (Lipinski definition) is 5. The molecule has 1 atom stereocenters.